The molecule has 2 aromatic carbocycles. The first-order chi connectivity index (χ1) is 10.1. The van der Waals surface area contributed by atoms with Crippen LogP contribution in [0.2, 0.25) is 0 Å². The van der Waals surface area contributed by atoms with Gasteiger partial charge in [-0.2, -0.15) is 0 Å². The fourth-order valence-corrected chi connectivity index (χ4v) is 2.49. The van der Waals surface area contributed by atoms with Gasteiger partial charge in [0.25, 0.3) is 0 Å². The van der Waals surface area contributed by atoms with E-state index in [0.29, 0.717) is 11.3 Å². The number of methoxy groups -OCH3 is 1. The quantitative estimate of drug-likeness (QED) is 0.890. The van der Waals surface area contributed by atoms with E-state index < -0.39 is 6.10 Å². The highest BCUT2D eigenvalue weighted by molar-refractivity contribution is 5.41. The smallest absolute Gasteiger partial charge is 0.123 e. The van der Waals surface area contributed by atoms with Crippen LogP contribution < -0.4 is 10.5 Å². The summed E-state index contributed by atoms with van der Waals surface area (Å²) < 4.78 is 18.7. The monoisotopic (exact) mass is 289 g/mol. The molecule has 0 aromatic heterocycles. The summed E-state index contributed by atoms with van der Waals surface area (Å²) in [6, 6.07) is 11.7. The predicted molar refractivity (Wildman–Crippen MR) is 80.9 cm³/mol. The third kappa shape index (κ3) is 3.40. The van der Waals surface area contributed by atoms with E-state index in [1.807, 2.05) is 25.1 Å². The number of ether oxygens (including phenoxy) is 1. The minimum atomic E-state index is -0.888. The molecule has 21 heavy (non-hydrogen) atoms. The molecule has 0 fully saturated rings. The number of hydrogen-bond donors (Lipinski definition) is 2. The van der Waals surface area contributed by atoms with E-state index in [0.717, 1.165) is 11.1 Å². The highest BCUT2D eigenvalue weighted by Crippen LogP contribution is 2.36. The normalized spacial score (nSPS) is 13.8. The van der Waals surface area contributed by atoms with Crippen molar-refractivity contribution in [3.8, 4) is 5.75 Å². The molecule has 0 bridgehead atoms. The molecule has 0 aliphatic carbocycles. The van der Waals surface area contributed by atoms with Gasteiger partial charge >= 0.3 is 0 Å². The average molecular weight is 289 g/mol. The molecule has 3 nitrogen and oxygen atoms in total. The van der Waals surface area contributed by atoms with Gasteiger partial charge in [-0.1, -0.05) is 29.8 Å². The van der Waals surface area contributed by atoms with E-state index in [2.05, 4.69) is 0 Å². The fourth-order valence-electron chi connectivity index (χ4n) is 2.49. The van der Waals surface area contributed by atoms with Crippen molar-refractivity contribution in [2.24, 2.45) is 5.73 Å². The summed E-state index contributed by atoms with van der Waals surface area (Å²) in [7, 11) is 1.58. The van der Waals surface area contributed by atoms with Crippen LogP contribution in [0.15, 0.2) is 42.5 Å². The first-order valence-corrected chi connectivity index (χ1v) is 6.85. The maximum absolute atomic E-state index is 13.3. The first kappa shape index (κ1) is 15.5. The fraction of sp³-hybridized carbons (Fsp3) is 0.294. The van der Waals surface area contributed by atoms with E-state index in [1.54, 1.807) is 19.2 Å². The molecule has 2 atom stereocenters. The third-order valence-corrected chi connectivity index (χ3v) is 3.61. The van der Waals surface area contributed by atoms with Crippen molar-refractivity contribution >= 4 is 0 Å². The zero-order valence-corrected chi connectivity index (χ0v) is 12.2. The molecule has 0 spiro atoms. The first-order valence-electron chi connectivity index (χ1n) is 6.85. The number of aryl methyl sites for hydroxylation is 1. The number of aliphatic hydroxyl groups is 1. The van der Waals surface area contributed by atoms with Crippen molar-refractivity contribution in [1.29, 1.82) is 0 Å². The van der Waals surface area contributed by atoms with Crippen LogP contribution in [0.25, 0.3) is 0 Å². The van der Waals surface area contributed by atoms with E-state index >= 15 is 0 Å². The molecule has 2 unspecified atom stereocenters. The summed E-state index contributed by atoms with van der Waals surface area (Å²) in [5, 5.41) is 10.6. The van der Waals surface area contributed by atoms with Gasteiger partial charge in [0.05, 0.1) is 13.2 Å². The molecule has 0 radical (unpaired) electrons. The molecule has 2 aromatic rings. The minimum absolute atomic E-state index is 0.234. The Balaban J connectivity index is 2.41. The third-order valence-electron chi connectivity index (χ3n) is 3.61. The SMILES string of the molecule is COc1ccc(C)cc1C(CN)C(O)c1cccc(F)c1. The van der Waals surface area contributed by atoms with Crippen LogP contribution in [0, 0.1) is 12.7 Å². The Bertz CT molecular complexity index is 615. The number of rotatable bonds is 5. The van der Waals surface area contributed by atoms with E-state index in [-0.39, 0.29) is 18.3 Å². The second kappa shape index (κ2) is 6.70. The van der Waals surface area contributed by atoms with E-state index in [9.17, 15) is 9.50 Å². The van der Waals surface area contributed by atoms with Crippen LogP contribution >= 0.6 is 0 Å². The lowest BCUT2D eigenvalue weighted by Gasteiger charge is -2.24. The highest BCUT2D eigenvalue weighted by atomic mass is 19.1. The molecule has 0 aliphatic rings. The second-order valence-corrected chi connectivity index (χ2v) is 5.09. The summed E-state index contributed by atoms with van der Waals surface area (Å²) in [4.78, 5) is 0. The Kier molecular flexibility index (Phi) is 4.94. The van der Waals surface area contributed by atoms with Crippen molar-refractivity contribution < 1.29 is 14.2 Å². The molecule has 0 heterocycles. The van der Waals surface area contributed by atoms with Crippen molar-refractivity contribution in [2.75, 3.05) is 13.7 Å². The number of aliphatic hydroxyl groups excluding tert-OH is 1. The van der Waals surface area contributed by atoms with Gasteiger partial charge in [-0.25, -0.2) is 4.39 Å². The lowest BCUT2D eigenvalue weighted by atomic mass is 9.88. The van der Waals surface area contributed by atoms with Gasteiger partial charge in [0.1, 0.15) is 11.6 Å². The number of nitrogens with two attached hydrogens (primary N) is 1. The van der Waals surface area contributed by atoms with Crippen LogP contribution in [0.3, 0.4) is 0 Å². The van der Waals surface area contributed by atoms with Crippen molar-refractivity contribution in [1.82, 2.24) is 0 Å². The van der Waals surface area contributed by atoms with E-state index in [1.165, 1.54) is 12.1 Å². The summed E-state index contributed by atoms with van der Waals surface area (Å²) in [6.45, 7) is 2.20. The van der Waals surface area contributed by atoms with Crippen molar-refractivity contribution in [3.63, 3.8) is 0 Å². The Morgan fingerprint density at radius 2 is 2.00 bits per heavy atom. The molecule has 112 valence electrons. The van der Waals surface area contributed by atoms with Crippen LogP contribution in [-0.2, 0) is 0 Å². The van der Waals surface area contributed by atoms with Gasteiger partial charge in [0, 0.05) is 18.0 Å². The predicted octanol–water partition coefficient (Wildman–Crippen LogP) is 2.92. The molecular formula is C17H20FNO2. The average Bonchev–Trinajstić information content (AvgIpc) is 2.48. The van der Waals surface area contributed by atoms with Crippen molar-refractivity contribution in [3.05, 3.63) is 65.0 Å². The largest absolute Gasteiger partial charge is 0.496 e. The Morgan fingerprint density at radius 1 is 1.24 bits per heavy atom. The molecule has 0 aliphatic heterocycles. The van der Waals surface area contributed by atoms with Gasteiger partial charge in [0.15, 0.2) is 0 Å². The Morgan fingerprint density at radius 3 is 2.62 bits per heavy atom. The summed E-state index contributed by atoms with van der Waals surface area (Å²) >= 11 is 0. The maximum Gasteiger partial charge on any atom is 0.123 e. The second-order valence-electron chi connectivity index (χ2n) is 5.09. The molecule has 3 N–H and O–H groups in total. The van der Waals surface area contributed by atoms with Crippen LogP contribution in [-0.4, -0.2) is 18.8 Å². The molecule has 0 saturated heterocycles. The zero-order chi connectivity index (χ0) is 15.4. The van der Waals surface area contributed by atoms with E-state index in [4.69, 9.17) is 10.5 Å². The maximum atomic E-state index is 13.3. The number of hydrogen-bond acceptors (Lipinski definition) is 3. The van der Waals surface area contributed by atoms with Gasteiger partial charge in [-0.15, -0.1) is 0 Å². The van der Waals surface area contributed by atoms with Gasteiger partial charge in [0.2, 0.25) is 0 Å². The number of benzene rings is 2. The zero-order valence-electron chi connectivity index (χ0n) is 12.2. The summed E-state index contributed by atoms with van der Waals surface area (Å²) in [5.41, 5.74) is 8.24. The molecule has 2 rings (SSSR count). The Hall–Kier alpha value is -1.91. The Labute approximate surface area is 124 Å². The number of halogens is 1. The topological polar surface area (TPSA) is 55.5 Å². The lowest BCUT2D eigenvalue weighted by molar-refractivity contribution is 0.145. The van der Waals surface area contributed by atoms with Gasteiger partial charge in [-0.3, -0.25) is 0 Å². The molecule has 0 saturated carbocycles. The van der Waals surface area contributed by atoms with Crippen LogP contribution in [0.5, 0.6) is 5.75 Å². The van der Waals surface area contributed by atoms with Gasteiger partial charge < -0.3 is 15.6 Å². The standard InChI is InChI=1S/C17H20FNO2/c1-11-6-7-16(21-2)14(8-11)15(10-19)17(20)12-4-3-5-13(18)9-12/h3-9,15,17,20H,10,19H2,1-2H3. The summed E-state index contributed by atoms with van der Waals surface area (Å²) in [5.74, 6) is -0.0633. The minimum Gasteiger partial charge on any atom is -0.496 e. The lowest BCUT2D eigenvalue weighted by Crippen LogP contribution is -2.21. The molecular weight excluding hydrogens is 269 g/mol. The molecule has 0 amide bonds. The highest BCUT2D eigenvalue weighted by Gasteiger charge is 2.24. The van der Waals surface area contributed by atoms with Gasteiger partial charge in [-0.05, 0) is 30.7 Å². The van der Waals surface area contributed by atoms with Crippen LogP contribution in [0.1, 0.15) is 28.7 Å². The molecule has 4 heteroatoms. The summed E-state index contributed by atoms with van der Waals surface area (Å²) in [6.07, 6.45) is -0.888. The van der Waals surface area contributed by atoms with Crippen LogP contribution in [0.4, 0.5) is 4.39 Å². The van der Waals surface area contributed by atoms with Crippen molar-refractivity contribution in [2.45, 2.75) is 18.9 Å².